The maximum absolute atomic E-state index is 12.1. The van der Waals surface area contributed by atoms with Crippen molar-refractivity contribution in [3.63, 3.8) is 0 Å². The Bertz CT molecular complexity index is 542. The Morgan fingerprint density at radius 1 is 1.29 bits per heavy atom. The second-order valence-electron chi connectivity index (χ2n) is 3.55. The van der Waals surface area contributed by atoms with Crippen molar-refractivity contribution < 1.29 is 4.79 Å². The van der Waals surface area contributed by atoms with Gasteiger partial charge in [-0.2, -0.15) is 0 Å². The Kier molecular flexibility index (Phi) is 4.12. The van der Waals surface area contributed by atoms with E-state index < -0.39 is 0 Å². The lowest BCUT2D eigenvalue weighted by atomic mass is 10.1. The minimum atomic E-state index is 0.0376. The van der Waals surface area contributed by atoms with Gasteiger partial charge < -0.3 is 0 Å². The normalized spacial score (nSPS) is 10.2. The highest BCUT2D eigenvalue weighted by molar-refractivity contribution is 14.1. The molecule has 0 aliphatic heterocycles. The number of carbonyl (C=O) groups is 1. The highest BCUT2D eigenvalue weighted by Gasteiger charge is 2.11. The van der Waals surface area contributed by atoms with Crippen LogP contribution in [0.3, 0.4) is 0 Å². The number of rotatable bonds is 3. The molecule has 0 N–H and O–H groups in total. The lowest BCUT2D eigenvalue weighted by Gasteiger charge is -2.04. The first kappa shape index (κ1) is 12.5. The fourth-order valence-electron chi connectivity index (χ4n) is 1.47. The third-order valence-corrected chi connectivity index (χ3v) is 3.47. The molecule has 0 atom stereocenters. The average molecular weight is 358 g/mol. The number of benzene rings is 1. The maximum Gasteiger partial charge on any atom is 0.169 e. The van der Waals surface area contributed by atoms with Crippen molar-refractivity contribution in [3.05, 3.63) is 62.4 Å². The van der Waals surface area contributed by atoms with Crippen LogP contribution in [-0.2, 0) is 6.42 Å². The fourth-order valence-corrected chi connectivity index (χ4v) is 2.28. The first-order chi connectivity index (χ1) is 8.16. The van der Waals surface area contributed by atoms with Crippen molar-refractivity contribution in [2.75, 3.05) is 0 Å². The zero-order valence-electron chi connectivity index (χ0n) is 8.86. The predicted octanol–water partition coefficient (Wildman–Crippen LogP) is 3.77. The predicted molar refractivity (Wildman–Crippen MR) is 76.4 cm³/mol. The molecule has 2 rings (SSSR count). The van der Waals surface area contributed by atoms with E-state index >= 15 is 0 Å². The molecule has 0 aliphatic rings. The van der Waals surface area contributed by atoms with Crippen molar-refractivity contribution in [2.24, 2.45) is 0 Å². The van der Waals surface area contributed by atoms with Gasteiger partial charge in [0.25, 0.3) is 0 Å². The maximum atomic E-state index is 12.1. The second-order valence-corrected chi connectivity index (χ2v) is 5.14. The van der Waals surface area contributed by atoms with Crippen molar-refractivity contribution in [1.82, 2.24) is 4.98 Å². The Morgan fingerprint density at radius 2 is 2.12 bits per heavy atom. The summed E-state index contributed by atoms with van der Waals surface area (Å²) in [7, 11) is 0. The first-order valence-electron chi connectivity index (χ1n) is 5.05. The van der Waals surface area contributed by atoms with E-state index in [9.17, 15) is 4.79 Å². The van der Waals surface area contributed by atoms with Crippen LogP contribution in [0.5, 0.6) is 0 Å². The van der Waals surface area contributed by atoms with Crippen LogP contribution in [0.15, 0.2) is 42.6 Å². The lowest BCUT2D eigenvalue weighted by molar-refractivity contribution is 0.0991. The molecule has 1 heterocycles. The summed E-state index contributed by atoms with van der Waals surface area (Å²) in [5.41, 5.74) is 1.43. The zero-order valence-corrected chi connectivity index (χ0v) is 11.8. The van der Waals surface area contributed by atoms with Crippen LogP contribution < -0.4 is 0 Å². The summed E-state index contributed by atoms with van der Waals surface area (Å²) >= 11 is 8.03. The van der Waals surface area contributed by atoms with Gasteiger partial charge in [-0.3, -0.25) is 9.78 Å². The topological polar surface area (TPSA) is 30.0 Å². The molecule has 0 aliphatic carbocycles. The quantitative estimate of drug-likeness (QED) is 0.618. The molecule has 0 unspecified atom stereocenters. The molecule has 1 aromatic carbocycles. The summed E-state index contributed by atoms with van der Waals surface area (Å²) < 4.78 is 0.910. The van der Waals surface area contributed by atoms with Gasteiger partial charge in [-0.15, -0.1) is 0 Å². The molecule has 0 spiro atoms. The van der Waals surface area contributed by atoms with Gasteiger partial charge in [0.05, 0.1) is 6.42 Å². The standard InChI is InChI=1S/C13H9ClINO/c14-9-4-5-12(15)11(7-9)13(17)8-10-3-1-2-6-16-10/h1-7H,8H2. The number of carbonyl (C=O) groups excluding carboxylic acids is 1. The van der Waals surface area contributed by atoms with E-state index in [2.05, 4.69) is 27.6 Å². The molecule has 0 saturated carbocycles. The summed E-state index contributed by atoms with van der Waals surface area (Å²) in [5.74, 6) is 0.0376. The number of ketones is 1. The molecule has 86 valence electrons. The van der Waals surface area contributed by atoms with Gasteiger partial charge in [0.15, 0.2) is 5.78 Å². The highest BCUT2D eigenvalue weighted by atomic mass is 127. The van der Waals surface area contributed by atoms with E-state index in [1.165, 1.54) is 0 Å². The van der Waals surface area contributed by atoms with Gasteiger partial charge in [0.1, 0.15) is 0 Å². The third kappa shape index (κ3) is 3.26. The van der Waals surface area contributed by atoms with Gasteiger partial charge in [-0.25, -0.2) is 0 Å². The van der Waals surface area contributed by atoms with Crippen LogP contribution in [0.25, 0.3) is 0 Å². The van der Waals surface area contributed by atoms with Gasteiger partial charge >= 0.3 is 0 Å². The van der Waals surface area contributed by atoms with Crippen LogP contribution >= 0.6 is 34.2 Å². The molecule has 0 fully saturated rings. The van der Waals surface area contributed by atoms with Crippen LogP contribution in [0.1, 0.15) is 16.1 Å². The number of aromatic nitrogens is 1. The van der Waals surface area contributed by atoms with E-state index in [0.29, 0.717) is 17.0 Å². The average Bonchev–Trinajstić information content (AvgIpc) is 2.33. The van der Waals surface area contributed by atoms with Crippen LogP contribution in [0.4, 0.5) is 0 Å². The summed E-state index contributed by atoms with van der Waals surface area (Å²) in [5, 5.41) is 0.579. The molecule has 4 heteroatoms. The fraction of sp³-hybridized carbons (Fsp3) is 0.0769. The molecular weight excluding hydrogens is 349 g/mol. The summed E-state index contributed by atoms with van der Waals surface area (Å²) in [6.07, 6.45) is 1.99. The Hall–Kier alpha value is -0.940. The molecule has 2 nitrogen and oxygen atoms in total. The smallest absolute Gasteiger partial charge is 0.169 e. The molecule has 17 heavy (non-hydrogen) atoms. The Labute approximate surface area is 118 Å². The summed E-state index contributed by atoms with van der Waals surface area (Å²) in [6.45, 7) is 0. The van der Waals surface area contributed by atoms with Crippen molar-refractivity contribution >= 4 is 40.0 Å². The van der Waals surface area contributed by atoms with Gasteiger partial charge in [-0.1, -0.05) is 17.7 Å². The van der Waals surface area contributed by atoms with Gasteiger partial charge in [-0.05, 0) is 52.9 Å². The Morgan fingerprint density at radius 3 is 2.82 bits per heavy atom. The van der Waals surface area contributed by atoms with E-state index in [1.807, 2.05) is 24.3 Å². The molecule has 2 aromatic rings. The van der Waals surface area contributed by atoms with Crippen LogP contribution in [-0.4, -0.2) is 10.8 Å². The minimum Gasteiger partial charge on any atom is -0.294 e. The summed E-state index contributed by atoms with van der Waals surface area (Å²) in [4.78, 5) is 16.2. The van der Waals surface area contributed by atoms with Crippen molar-refractivity contribution in [1.29, 1.82) is 0 Å². The number of pyridine rings is 1. The monoisotopic (exact) mass is 357 g/mol. The van der Waals surface area contributed by atoms with Crippen molar-refractivity contribution in [3.8, 4) is 0 Å². The SMILES string of the molecule is O=C(Cc1ccccn1)c1cc(Cl)ccc1I. The van der Waals surface area contributed by atoms with E-state index in [0.717, 1.165) is 9.26 Å². The number of Topliss-reactive ketones (excluding diaryl/α,β-unsaturated/α-hetero) is 1. The lowest BCUT2D eigenvalue weighted by Crippen LogP contribution is -2.06. The highest BCUT2D eigenvalue weighted by Crippen LogP contribution is 2.19. The molecule has 0 saturated heterocycles. The minimum absolute atomic E-state index is 0.0376. The molecule has 1 aromatic heterocycles. The van der Waals surface area contributed by atoms with E-state index in [-0.39, 0.29) is 5.78 Å². The molecular formula is C13H9ClINO. The van der Waals surface area contributed by atoms with Crippen molar-refractivity contribution in [2.45, 2.75) is 6.42 Å². The number of nitrogens with zero attached hydrogens (tertiary/aromatic N) is 1. The van der Waals surface area contributed by atoms with E-state index in [4.69, 9.17) is 11.6 Å². The van der Waals surface area contributed by atoms with Gasteiger partial charge in [0.2, 0.25) is 0 Å². The largest absolute Gasteiger partial charge is 0.294 e. The molecule has 0 bridgehead atoms. The first-order valence-corrected chi connectivity index (χ1v) is 6.50. The second kappa shape index (κ2) is 5.60. The van der Waals surface area contributed by atoms with E-state index in [1.54, 1.807) is 18.3 Å². The number of hydrogen-bond acceptors (Lipinski definition) is 2. The van der Waals surface area contributed by atoms with Gasteiger partial charge in [0, 0.05) is 26.0 Å². The number of halogens is 2. The van der Waals surface area contributed by atoms with Crippen LogP contribution in [0.2, 0.25) is 5.02 Å². The third-order valence-electron chi connectivity index (χ3n) is 2.30. The Balaban J connectivity index is 2.23. The summed E-state index contributed by atoms with van der Waals surface area (Å²) in [6, 6.07) is 10.9. The van der Waals surface area contributed by atoms with Crippen LogP contribution in [0, 0.1) is 3.57 Å². The number of hydrogen-bond donors (Lipinski definition) is 0. The molecule has 0 amide bonds. The zero-order chi connectivity index (χ0) is 12.3. The molecule has 0 radical (unpaired) electrons.